The normalized spacial score (nSPS) is 22.1. The lowest BCUT2D eigenvalue weighted by atomic mass is 9.62. The van der Waals surface area contributed by atoms with E-state index in [1.165, 1.54) is 12.1 Å². The molecule has 9 heteroatoms. The fraction of sp³-hybridized carbons (Fsp3) is 0.393. The van der Waals surface area contributed by atoms with Gasteiger partial charge in [-0.25, -0.2) is 4.68 Å². The van der Waals surface area contributed by atoms with Gasteiger partial charge in [0.15, 0.2) is 0 Å². The molecular formula is C28H28F3N3O3-2. The van der Waals surface area contributed by atoms with Gasteiger partial charge in [-0.2, -0.15) is 13.2 Å². The maximum atomic E-state index is 14.0. The summed E-state index contributed by atoms with van der Waals surface area (Å²) in [5, 5.41) is 30.0. The van der Waals surface area contributed by atoms with Crippen molar-refractivity contribution >= 4 is 10.9 Å². The van der Waals surface area contributed by atoms with E-state index < -0.39 is 47.0 Å². The van der Waals surface area contributed by atoms with Crippen molar-refractivity contribution in [2.45, 2.75) is 64.0 Å². The van der Waals surface area contributed by atoms with E-state index in [-0.39, 0.29) is 5.69 Å². The predicted molar refractivity (Wildman–Crippen MR) is 131 cm³/mol. The van der Waals surface area contributed by atoms with E-state index in [1.807, 2.05) is 31.2 Å². The molecule has 37 heavy (non-hydrogen) atoms. The van der Waals surface area contributed by atoms with Crippen LogP contribution in [0.2, 0.25) is 0 Å². The van der Waals surface area contributed by atoms with Crippen LogP contribution in [0, 0.1) is 12.8 Å². The second kappa shape index (κ2) is 9.22. The van der Waals surface area contributed by atoms with Crippen molar-refractivity contribution in [3.05, 3.63) is 87.5 Å². The van der Waals surface area contributed by atoms with Gasteiger partial charge in [0.05, 0.1) is 11.3 Å². The fourth-order valence-corrected chi connectivity index (χ4v) is 5.62. The summed E-state index contributed by atoms with van der Waals surface area (Å²) in [6.45, 7) is 6.77. The SMILES string of the molecule is Cc1c(C2C([O-])C(c3c(C(F)(F)F)[nH]n(-c4ccccc4)c3=O)C2[O-])c2ccccc2n1CCC(C)C. The lowest BCUT2D eigenvalue weighted by Gasteiger charge is -2.61. The molecule has 1 saturated carbocycles. The first-order valence-corrected chi connectivity index (χ1v) is 12.4. The molecule has 6 nitrogen and oxygen atoms in total. The van der Waals surface area contributed by atoms with Crippen molar-refractivity contribution in [2.24, 2.45) is 5.92 Å². The van der Waals surface area contributed by atoms with Crippen molar-refractivity contribution in [1.29, 1.82) is 0 Å². The third-order valence-corrected chi connectivity index (χ3v) is 7.52. The summed E-state index contributed by atoms with van der Waals surface area (Å²) < 4.78 is 44.8. The third kappa shape index (κ3) is 4.10. The Bertz CT molecular complexity index is 1470. The Morgan fingerprint density at radius 2 is 1.54 bits per heavy atom. The van der Waals surface area contributed by atoms with Gasteiger partial charge in [0.2, 0.25) is 0 Å². The van der Waals surface area contributed by atoms with Gasteiger partial charge in [0.1, 0.15) is 5.69 Å². The van der Waals surface area contributed by atoms with Crippen LogP contribution in [0.3, 0.4) is 0 Å². The summed E-state index contributed by atoms with van der Waals surface area (Å²) in [7, 11) is 0. The Balaban J connectivity index is 1.59. The van der Waals surface area contributed by atoms with Crippen molar-refractivity contribution in [2.75, 3.05) is 0 Å². The molecule has 0 radical (unpaired) electrons. The molecule has 5 rings (SSSR count). The number of aromatic amines is 1. The number of aryl methyl sites for hydroxylation is 1. The summed E-state index contributed by atoms with van der Waals surface area (Å²) >= 11 is 0. The molecule has 4 aromatic rings. The number of rotatable bonds is 6. The Morgan fingerprint density at radius 1 is 0.946 bits per heavy atom. The van der Waals surface area contributed by atoms with Crippen molar-refractivity contribution in [1.82, 2.24) is 14.3 Å². The van der Waals surface area contributed by atoms with Gasteiger partial charge in [-0.1, -0.05) is 50.2 Å². The molecule has 196 valence electrons. The number of nitrogens with one attached hydrogen (secondary N) is 1. The Labute approximate surface area is 212 Å². The number of benzene rings is 2. The van der Waals surface area contributed by atoms with Gasteiger partial charge in [-0.3, -0.25) is 9.89 Å². The number of nitrogens with zero attached hydrogens (tertiary/aromatic N) is 2. The maximum Gasteiger partial charge on any atom is 0.433 e. The highest BCUT2D eigenvalue weighted by Crippen LogP contribution is 2.50. The highest BCUT2D eigenvalue weighted by molar-refractivity contribution is 5.86. The molecule has 0 spiro atoms. The number of para-hydroxylation sites is 2. The van der Waals surface area contributed by atoms with Crippen LogP contribution in [-0.2, 0) is 12.7 Å². The second-order valence-corrected chi connectivity index (χ2v) is 10.2. The summed E-state index contributed by atoms with van der Waals surface area (Å²) in [5.41, 5.74) is -0.672. The van der Waals surface area contributed by atoms with Gasteiger partial charge in [-0.05, 0) is 54.9 Å². The van der Waals surface area contributed by atoms with Gasteiger partial charge >= 0.3 is 6.18 Å². The molecule has 0 amide bonds. The first-order valence-electron chi connectivity index (χ1n) is 12.4. The molecule has 2 unspecified atom stereocenters. The molecule has 0 bridgehead atoms. The lowest BCUT2D eigenvalue weighted by molar-refractivity contribution is -0.536. The molecular weight excluding hydrogens is 483 g/mol. The topological polar surface area (TPSA) is 88.8 Å². The molecule has 2 atom stereocenters. The summed E-state index contributed by atoms with van der Waals surface area (Å²) in [6.07, 6.45) is -7.40. The average molecular weight is 512 g/mol. The van der Waals surface area contributed by atoms with Crippen LogP contribution in [0.1, 0.15) is 54.6 Å². The van der Waals surface area contributed by atoms with E-state index in [2.05, 4.69) is 23.5 Å². The van der Waals surface area contributed by atoms with Gasteiger partial charge < -0.3 is 14.8 Å². The summed E-state index contributed by atoms with van der Waals surface area (Å²) in [6, 6.07) is 15.3. The van der Waals surface area contributed by atoms with Crippen LogP contribution in [0.5, 0.6) is 0 Å². The van der Waals surface area contributed by atoms with Crippen LogP contribution in [-0.4, -0.2) is 26.6 Å². The first kappa shape index (κ1) is 25.4. The Morgan fingerprint density at radius 3 is 2.16 bits per heavy atom. The number of alkyl halides is 3. The molecule has 0 aliphatic heterocycles. The molecule has 1 aliphatic carbocycles. The number of H-pyrrole nitrogens is 1. The van der Waals surface area contributed by atoms with Crippen LogP contribution >= 0.6 is 0 Å². The van der Waals surface area contributed by atoms with Gasteiger partial charge in [-0.15, -0.1) is 12.2 Å². The quantitative estimate of drug-likeness (QED) is 0.427. The third-order valence-electron chi connectivity index (χ3n) is 7.52. The molecule has 0 saturated heterocycles. The van der Waals surface area contributed by atoms with Crippen LogP contribution < -0.4 is 15.8 Å². The van der Waals surface area contributed by atoms with E-state index in [9.17, 15) is 28.2 Å². The minimum Gasteiger partial charge on any atom is -0.851 e. The number of fused-ring (bicyclic) bond motifs is 1. The monoisotopic (exact) mass is 511 g/mol. The Hall–Kier alpha value is -3.30. The minimum atomic E-state index is -4.93. The van der Waals surface area contributed by atoms with Crippen LogP contribution in [0.4, 0.5) is 13.2 Å². The van der Waals surface area contributed by atoms with Crippen molar-refractivity contribution < 1.29 is 23.4 Å². The molecule has 2 aromatic carbocycles. The van der Waals surface area contributed by atoms with Gasteiger partial charge in [0.25, 0.3) is 5.56 Å². The smallest absolute Gasteiger partial charge is 0.433 e. The highest BCUT2D eigenvalue weighted by Gasteiger charge is 2.48. The van der Waals surface area contributed by atoms with E-state index in [4.69, 9.17) is 0 Å². The van der Waals surface area contributed by atoms with Crippen LogP contribution in [0.15, 0.2) is 59.4 Å². The predicted octanol–water partition coefficient (Wildman–Crippen LogP) is 3.83. The summed E-state index contributed by atoms with van der Waals surface area (Å²) in [4.78, 5) is 13.2. The minimum absolute atomic E-state index is 0.189. The standard InChI is InChI=1S/C28H28F3N3O3/c1-15(2)13-14-33-16(3)20(18-11-7-8-12-19(18)33)21-24(35)22(25(21)36)23-26(28(29,30)31)32-34(27(23)37)17-9-5-4-6-10-17/h4-12,15,21-22,24-25,32H,13-14H2,1-3H3/q-2. The number of hydrogen-bond acceptors (Lipinski definition) is 3. The number of aromatic nitrogens is 3. The maximum absolute atomic E-state index is 14.0. The first-order chi connectivity index (χ1) is 17.5. The van der Waals surface area contributed by atoms with E-state index in [0.29, 0.717) is 18.0 Å². The van der Waals surface area contributed by atoms with Crippen LogP contribution in [0.25, 0.3) is 16.6 Å². The lowest BCUT2D eigenvalue weighted by Crippen LogP contribution is -2.64. The van der Waals surface area contributed by atoms with E-state index >= 15 is 0 Å². The van der Waals surface area contributed by atoms with E-state index in [1.54, 1.807) is 18.2 Å². The van der Waals surface area contributed by atoms with Gasteiger partial charge in [0, 0.05) is 23.1 Å². The number of halogens is 3. The van der Waals surface area contributed by atoms with Crippen molar-refractivity contribution in [3.63, 3.8) is 0 Å². The van der Waals surface area contributed by atoms with E-state index in [0.717, 1.165) is 27.7 Å². The molecule has 2 heterocycles. The molecule has 1 aliphatic rings. The largest absolute Gasteiger partial charge is 0.851 e. The van der Waals surface area contributed by atoms with Crippen molar-refractivity contribution in [3.8, 4) is 5.69 Å². The zero-order valence-corrected chi connectivity index (χ0v) is 20.8. The highest BCUT2D eigenvalue weighted by atomic mass is 19.4. The zero-order chi connectivity index (χ0) is 26.6. The molecule has 1 N–H and O–H groups in total. The second-order valence-electron chi connectivity index (χ2n) is 10.2. The summed E-state index contributed by atoms with van der Waals surface area (Å²) in [5.74, 6) is -2.21. The molecule has 2 aromatic heterocycles. The number of hydrogen-bond donors (Lipinski definition) is 1. The molecule has 1 fully saturated rings. The fourth-order valence-electron chi connectivity index (χ4n) is 5.62. The average Bonchev–Trinajstić information content (AvgIpc) is 3.33. The Kier molecular flexibility index (Phi) is 6.32. The zero-order valence-electron chi connectivity index (χ0n) is 20.8.